The maximum atomic E-state index is 12.5. The van der Waals surface area contributed by atoms with Crippen LogP contribution in [0.2, 0.25) is 5.02 Å². The maximum Gasteiger partial charge on any atom is 0.239 e. The van der Waals surface area contributed by atoms with Crippen LogP contribution in [0.15, 0.2) is 18.3 Å². The molecule has 0 radical (unpaired) electrons. The number of aromatic nitrogens is 1. The van der Waals surface area contributed by atoms with Crippen molar-refractivity contribution in [3.8, 4) is 0 Å². The van der Waals surface area contributed by atoms with Gasteiger partial charge in [0.1, 0.15) is 5.82 Å². The molecule has 23 heavy (non-hydrogen) atoms. The molecule has 1 aromatic heterocycles. The number of pyridine rings is 1. The second-order valence-electron chi connectivity index (χ2n) is 5.55. The van der Waals surface area contributed by atoms with Crippen LogP contribution in [-0.4, -0.2) is 58.8 Å². The van der Waals surface area contributed by atoms with E-state index in [4.69, 9.17) is 11.6 Å². The van der Waals surface area contributed by atoms with E-state index in [1.165, 1.54) is 6.20 Å². The third-order valence-electron chi connectivity index (χ3n) is 4.07. The second-order valence-corrected chi connectivity index (χ2v) is 5.99. The molecule has 1 unspecified atom stereocenters. The summed E-state index contributed by atoms with van der Waals surface area (Å²) in [6.45, 7) is 6.29. The van der Waals surface area contributed by atoms with Crippen LogP contribution in [0.1, 0.15) is 26.7 Å². The van der Waals surface area contributed by atoms with Crippen LogP contribution in [0.3, 0.4) is 0 Å². The number of hydrogen-bond acceptors (Lipinski definition) is 4. The number of likely N-dealkylation sites (N-methyl/N-ethyl adjacent to an activating group) is 1. The number of rotatable bonds is 6. The summed E-state index contributed by atoms with van der Waals surface area (Å²) >= 11 is 5.77. The van der Waals surface area contributed by atoms with Crippen molar-refractivity contribution in [2.75, 3.05) is 31.5 Å². The Kier molecular flexibility index (Phi) is 6.36. The van der Waals surface area contributed by atoms with Gasteiger partial charge in [-0.25, -0.2) is 4.98 Å². The molecule has 6 nitrogen and oxygen atoms in total. The largest absolute Gasteiger partial charge is 0.342 e. The van der Waals surface area contributed by atoms with E-state index in [-0.39, 0.29) is 24.4 Å². The lowest BCUT2D eigenvalue weighted by molar-refractivity contribution is -0.136. The quantitative estimate of drug-likeness (QED) is 0.861. The molecule has 1 aromatic rings. The molecule has 1 saturated heterocycles. The van der Waals surface area contributed by atoms with Gasteiger partial charge in [-0.05, 0) is 45.4 Å². The summed E-state index contributed by atoms with van der Waals surface area (Å²) in [6, 6.07) is 3.13. The van der Waals surface area contributed by atoms with E-state index in [0.717, 1.165) is 19.4 Å². The molecule has 1 fully saturated rings. The first-order chi connectivity index (χ1) is 11.0. The molecule has 1 atom stereocenters. The summed E-state index contributed by atoms with van der Waals surface area (Å²) < 4.78 is 0. The number of nitrogens with zero attached hydrogens (tertiary/aromatic N) is 3. The standard InChI is InChI=1S/C16H23ClN4O2/c1-3-20(4-2)16(23)13-6-5-9-21(13)11-15(22)19-14-8-7-12(17)10-18-14/h7-8,10,13H,3-6,9,11H2,1-2H3,(H,18,19,22). The van der Waals surface area contributed by atoms with Crippen LogP contribution in [0, 0.1) is 0 Å². The SMILES string of the molecule is CCN(CC)C(=O)C1CCCN1CC(=O)Nc1ccc(Cl)cn1. The minimum absolute atomic E-state index is 0.116. The molecule has 0 aromatic carbocycles. The van der Waals surface area contributed by atoms with Crippen LogP contribution in [0.5, 0.6) is 0 Å². The molecule has 1 aliphatic heterocycles. The van der Waals surface area contributed by atoms with Crippen LogP contribution in [0.25, 0.3) is 0 Å². The lowest BCUT2D eigenvalue weighted by Gasteiger charge is -2.28. The lowest BCUT2D eigenvalue weighted by atomic mass is 10.2. The summed E-state index contributed by atoms with van der Waals surface area (Å²) in [5.41, 5.74) is 0. The summed E-state index contributed by atoms with van der Waals surface area (Å²) in [5.74, 6) is 0.411. The van der Waals surface area contributed by atoms with Crippen molar-refractivity contribution < 1.29 is 9.59 Å². The highest BCUT2D eigenvalue weighted by molar-refractivity contribution is 6.30. The van der Waals surface area contributed by atoms with E-state index in [2.05, 4.69) is 10.3 Å². The minimum atomic E-state index is -0.196. The summed E-state index contributed by atoms with van der Waals surface area (Å²) in [6.07, 6.45) is 3.23. The van der Waals surface area contributed by atoms with Gasteiger partial charge in [0.25, 0.3) is 0 Å². The van der Waals surface area contributed by atoms with Gasteiger partial charge in [0, 0.05) is 19.3 Å². The number of nitrogens with one attached hydrogen (secondary N) is 1. The summed E-state index contributed by atoms with van der Waals surface area (Å²) in [5, 5.41) is 3.26. The molecule has 0 aliphatic carbocycles. The molecular weight excluding hydrogens is 316 g/mol. The van der Waals surface area contributed by atoms with Crippen molar-refractivity contribution >= 4 is 29.2 Å². The highest BCUT2D eigenvalue weighted by Gasteiger charge is 2.33. The fourth-order valence-electron chi connectivity index (χ4n) is 2.86. The Labute approximate surface area is 141 Å². The topological polar surface area (TPSA) is 65.5 Å². The molecule has 2 amide bonds. The lowest BCUT2D eigenvalue weighted by Crippen LogP contribution is -2.47. The minimum Gasteiger partial charge on any atom is -0.342 e. The number of amides is 2. The Bertz CT molecular complexity index is 546. The van der Waals surface area contributed by atoms with Gasteiger partial charge in [0.05, 0.1) is 17.6 Å². The highest BCUT2D eigenvalue weighted by atomic mass is 35.5. The number of likely N-dealkylation sites (tertiary alicyclic amines) is 1. The second kappa shape index (κ2) is 8.26. The number of carbonyl (C=O) groups excluding carboxylic acids is 2. The van der Waals surface area contributed by atoms with Crippen LogP contribution in [-0.2, 0) is 9.59 Å². The molecule has 1 aliphatic rings. The maximum absolute atomic E-state index is 12.5. The Morgan fingerprint density at radius 2 is 2.13 bits per heavy atom. The smallest absolute Gasteiger partial charge is 0.239 e. The van der Waals surface area contributed by atoms with Crippen LogP contribution in [0.4, 0.5) is 5.82 Å². The van der Waals surface area contributed by atoms with Crippen LogP contribution < -0.4 is 5.32 Å². The van der Waals surface area contributed by atoms with Gasteiger partial charge in [0.2, 0.25) is 11.8 Å². The third kappa shape index (κ3) is 4.65. The monoisotopic (exact) mass is 338 g/mol. The Balaban J connectivity index is 1.93. The summed E-state index contributed by atoms with van der Waals surface area (Å²) in [7, 11) is 0. The molecule has 0 spiro atoms. The van der Waals surface area contributed by atoms with E-state index in [1.54, 1.807) is 12.1 Å². The molecule has 1 N–H and O–H groups in total. The number of anilines is 1. The molecular formula is C16H23ClN4O2. The fourth-order valence-corrected chi connectivity index (χ4v) is 2.97. The number of hydrogen-bond donors (Lipinski definition) is 1. The zero-order valence-electron chi connectivity index (χ0n) is 13.6. The van der Waals surface area contributed by atoms with Crippen molar-refractivity contribution in [3.63, 3.8) is 0 Å². The predicted octanol–water partition coefficient (Wildman–Crippen LogP) is 2.01. The number of halogens is 1. The molecule has 2 rings (SSSR count). The van der Waals surface area contributed by atoms with E-state index < -0.39 is 0 Å². The molecule has 7 heteroatoms. The highest BCUT2D eigenvalue weighted by Crippen LogP contribution is 2.19. The van der Waals surface area contributed by atoms with E-state index in [1.807, 2.05) is 23.6 Å². The van der Waals surface area contributed by atoms with Gasteiger partial charge < -0.3 is 10.2 Å². The Morgan fingerprint density at radius 3 is 2.74 bits per heavy atom. The van der Waals surface area contributed by atoms with Crippen molar-refractivity contribution in [1.82, 2.24) is 14.8 Å². The molecule has 126 valence electrons. The Hall–Kier alpha value is -1.66. The van der Waals surface area contributed by atoms with Crippen LogP contribution >= 0.6 is 11.6 Å². The Morgan fingerprint density at radius 1 is 1.39 bits per heavy atom. The van der Waals surface area contributed by atoms with Gasteiger partial charge in [-0.15, -0.1) is 0 Å². The first kappa shape index (κ1) is 17.7. The average molecular weight is 339 g/mol. The zero-order chi connectivity index (χ0) is 16.8. The van der Waals surface area contributed by atoms with E-state index in [0.29, 0.717) is 23.9 Å². The molecule has 0 bridgehead atoms. The molecule has 0 saturated carbocycles. The van der Waals surface area contributed by atoms with Gasteiger partial charge in [-0.1, -0.05) is 11.6 Å². The first-order valence-electron chi connectivity index (χ1n) is 7.99. The van der Waals surface area contributed by atoms with Crippen molar-refractivity contribution in [1.29, 1.82) is 0 Å². The van der Waals surface area contributed by atoms with Gasteiger partial charge in [-0.3, -0.25) is 14.5 Å². The van der Waals surface area contributed by atoms with Crippen molar-refractivity contribution in [3.05, 3.63) is 23.4 Å². The van der Waals surface area contributed by atoms with Crippen molar-refractivity contribution in [2.24, 2.45) is 0 Å². The zero-order valence-corrected chi connectivity index (χ0v) is 14.3. The fraction of sp³-hybridized carbons (Fsp3) is 0.562. The number of carbonyl (C=O) groups is 2. The summed E-state index contributed by atoms with van der Waals surface area (Å²) in [4.78, 5) is 32.5. The van der Waals surface area contributed by atoms with Gasteiger partial charge >= 0.3 is 0 Å². The van der Waals surface area contributed by atoms with Gasteiger partial charge in [0.15, 0.2) is 0 Å². The first-order valence-corrected chi connectivity index (χ1v) is 8.37. The predicted molar refractivity (Wildman–Crippen MR) is 90.4 cm³/mol. The van der Waals surface area contributed by atoms with Gasteiger partial charge in [-0.2, -0.15) is 0 Å². The third-order valence-corrected chi connectivity index (χ3v) is 4.29. The molecule has 2 heterocycles. The average Bonchev–Trinajstić information content (AvgIpc) is 2.98. The van der Waals surface area contributed by atoms with Crippen molar-refractivity contribution in [2.45, 2.75) is 32.7 Å². The van der Waals surface area contributed by atoms with E-state index >= 15 is 0 Å². The van der Waals surface area contributed by atoms with E-state index in [9.17, 15) is 9.59 Å². The normalized spacial score (nSPS) is 18.0.